The number of aliphatic imine (C=N–C) groups is 1. The Balaban J connectivity index is 0. The van der Waals surface area contributed by atoms with Crippen molar-refractivity contribution in [2.45, 2.75) is 107 Å². The maximum absolute atomic E-state index is 13.1. The first-order valence-electron chi connectivity index (χ1n) is 17.4. The summed E-state index contributed by atoms with van der Waals surface area (Å²) in [6.07, 6.45) is 7.17. The van der Waals surface area contributed by atoms with Crippen molar-refractivity contribution in [1.82, 2.24) is 10.2 Å². The first kappa shape index (κ1) is 49.8. The molecule has 2 atom stereocenters. The van der Waals surface area contributed by atoms with Gasteiger partial charge in [0.1, 0.15) is 12.6 Å². The van der Waals surface area contributed by atoms with Crippen LogP contribution in [0.3, 0.4) is 0 Å². The van der Waals surface area contributed by atoms with Crippen LogP contribution in [0, 0.1) is 17.4 Å². The van der Waals surface area contributed by atoms with Crippen molar-refractivity contribution in [1.29, 1.82) is 0 Å². The van der Waals surface area contributed by atoms with E-state index in [-0.39, 0.29) is 75.6 Å². The van der Waals surface area contributed by atoms with Gasteiger partial charge in [-0.3, -0.25) is 20.5 Å². The van der Waals surface area contributed by atoms with Crippen LogP contribution in [-0.4, -0.2) is 94.0 Å². The number of carbonyl (C=O) groups excluding carboxylic acids is 3. The zero-order chi connectivity index (χ0) is 36.5. The zero-order valence-electron chi connectivity index (χ0n) is 32.2. The van der Waals surface area contributed by atoms with Gasteiger partial charge in [0.15, 0.2) is 5.78 Å². The fourth-order valence-corrected chi connectivity index (χ4v) is 4.89. The van der Waals surface area contributed by atoms with Gasteiger partial charge < -0.3 is 35.2 Å². The van der Waals surface area contributed by atoms with Crippen molar-refractivity contribution < 1.29 is 80.0 Å². The fourth-order valence-electron chi connectivity index (χ4n) is 4.89. The Labute approximate surface area is 340 Å². The number of ketones is 1. The number of allylic oxidation sites excluding steroid dienone is 1. The number of hydrogen-bond donors (Lipinski definition) is 2. The van der Waals surface area contributed by atoms with Crippen molar-refractivity contribution in [2.75, 3.05) is 52.7 Å². The standard InChI is InChI=1S/C22H41N3O6.C14H17N.C2H6.K/c1-17(26)18-8-5-10-25(18)21(28)20(22(2,3)4)24-19(27)16-31-14-7-12-29-11-6-13-30-15-9-23;1-11(2)9-13-5-7-14(8-6-13)10-12(3)15-4;1-2;/h18,20H,5-16,23H2,1-4H3,(H,24,27);4-8,11H,9H2,1-3H3;1-2H3;/q;-2;;+1. The number of Topliss-reactive ketones (excluding diaryl/α,β-unsaturated/α-hetero) is 1. The molecule has 0 aliphatic carbocycles. The number of likely N-dealkylation sites (tertiary alicyclic amines) is 1. The van der Waals surface area contributed by atoms with Crippen LogP contribution in [-0.2, 0) is 35.0 Å². The van der Waals surface area contributed by atoms with E-state index in [1.54, 1.807) is 4.90 Å². The quantitative estimate of drug-likeness (QED) is 0.0976. The number of benzene rings is 1. The van der Waals surface area contributed by atoms with Crippen LogP contribution in [0.25, 0.3) is 0 Å². The Hall–Kier alpha value is -1.28. The van der Waals surface area contributed by atoms with Crippen LogP contribution < -0.4 is 62.4 Å². The molecule has 1 aromatic carbocycles. The Bertz CT molecular complexity index is 1090. The van der Waals surface area contributed by atoms with E-state index in [1.165, 1.54) is 12.5 Å². The van der Waals surface area contributed by atoms with Crippen LogP contribution in [0.1, 0.15) is 99.1 Å². The molecule has 1 saturated heterocycles. The summed E-state index contributed by atoms with van der Waals surface area (Å²) in [4.78, 5) is 42.5. The molecule has 0 radical (unpaired) electrons. The van der Waals surface area contributed by atoms with E-state index < -0.39 is 17.5 Å². The molecular formula is C38H64KN4O6-. The summed E-state index contributed by atoms with van der Waals surface area (Å²) in [5.41, 5.74) is 7.94. The second kappa shape index (κ2) is 29.3. The molecule has 1 aliphatic heterocycles. The summed E-state index contributed by atoms with van der Waals surface area (Å²) in [6.45, 7) is 26.3. The third kappa shape index (κ3) is 23.0. The number of ether oxygens (including phenoxy) is 3. The minimum Gasteiger partial charge on any atom is -0.477 e. The third-order valence-corrected chi connectivity index (χ3v) is 7.19. The molecule has 2 amide bonds. The molecule has 11 heteroatoms. The molecule has 1 heterocycles. The van der Waals surface area contributed by atoms with E-state index in [0.29, 0.717) is 70.6 Å². The van der Waals surface area contributed by atoms with Crippen LogP contribution in [0.15, 0.2) is 35.0 Å². The van der Waals surface area contributed by atoms with Gasteiger partial charge >= 0.3 is 51.4 Å². The maximum atomic E-state index is 13.1. The van der Waals surface area contributed by atoms with Gasteiger partial charge in [0.25, 0.3) is 0 Å². The molecule has 49 heavy (non-hydrogen) atoms. The Kier molecular flexibility index (Phi) is 29.8. The number of carbonyl (C=O) groups is 3. The van der Waals surface area contributed by atoms with E-state index in [0.717, 1.165) is 24.8 Å². The summed E-state index contributed by atoms with van der Waals surface area (Å²) < 4.78 is 16.2. The van der Waals surface area contributed by atoms with Crippen molar-refractivity contribution in [2.24, 2.45) is 22.1 Å². The molecule has 0 saturated carbocycles. The summed E-state index contributed by atoms with van der Waals surface area (Å²) >= 11 is 0. The molecule has 2 rings (SSSR count). The third-order valence-electron chi connectivity index (χ3n) is 7.19. The molecule has 1 aromatic rings. The molecule has 0 bridgehead atoms. The smallest absolute Gasteiger partial charge is 0.477 e. The molecular weight excluding hydrogens is 648 g/mol. The van der Waals surface area contributed by atoms with E-state index in [9.17, 15) is 14.4 Å². The summed E-state index contributed by atoms with van der Waals surface area (Å²) in [5, 5.41) is 2.81. The number of rotatable bonds is 19. The maximum Gasteiger partial charge on any atom is 1.00 e. The van der Waals surface area contributed by atoms with Crippen LogP contribution in [0.4, 0.5) is 0 Å². The molecule has 274 valence electrons. The van der Waals surface area contributed by atoms with Crippen molar-refractivity contribution in [3.05, 3.63) is 47.2 Å². The molecule has 1 aliphatic rings. The van der Waals surface area contributed by atoms with Gasteiger partial charge in [0.05, 0.1) is 12.6 Å². The number of nitrogens with two attached hydrogens (primary N) is 1. The summed E-state index contributed by atoms with van der Waals surface area (Å²) in [6, 6.07) is 7.25. The van der Waals surface area contributed by atoms with Gasteiger partial charge in [0, 0.05) is 39.5 Å². The number of amides is 2. The van der Waals surface area contributed by atoms with Gasteiger partial charge in [-0.1, -0.05) is 54.0 Å². The van der Waals surface area contributed by atoms with Crippen molar-refractivity contribution in [3.63, 3.8) is 0 Å². The molecule has 3 N–H and O–H groups in total. The van der Waals surface area contributed by atoms with Gasteiger partial charge in [-0.25, -0.2) is 5.56 Å². The van der Waals surface area contributed by atoms with E-state index in [2.05, 4.69) is 42.4 Å². The van der Waals surface area contributed by atoms with Crippen molar-refractivity contribution >= 4 is 24.3 Å². The second-order valence-corrected chi connectivity index (χ2v) is 13.1. The Morgan fingerprint density at radius 1 is 1.00 bits per heavy atom. The van der Waals surface area contributed by atoms with Gasteiger partial charge in [0.2, 0.25) is 11.8 Å². The SMILES string of the molecule is CC.CC(=O)C1CCCN1C(=O)C(NC(=O)COCCCOCCCOCCN)C(C)(C)C.[CH-]=NC(C)=[C-]c1ccc(CC(C)C)cc1.[K+]. The monoisotopic (exact) mass is 711 g/mol. The molecule has 0 aromatic heterocycles. The first-order chi connectivity index (χ1) is 22.8. The number of hydrogen-bond acceptors (Lipinski definition) is 8. The Morgan fingerprint density at radius 2 is 1.55 bits per heavy atom. The number of nitrogens with zero attached hydrogens (tertiary/aromatic N) is 2. The van der Waals surface area contributed by atoms with Gasteiger partial charge in [-0.15, -0.1) is 19.1 Å². The minimum absolute atomic E-state index is 0. The predicted octanol–water partition coefficient (Wildman–Crippen LogP) is 2.43. The molecule has 10 nitrogen and oxygen atoms in total. The van der Waals surface area contributed by atoms with Gasteiger partial charge in [-0.2, -0.15) is 24.5 Å². The molecule has 0 spiro atoms. The fraction of sp³-hybridized carbons (Fsp3) is 0.684. The van der Waals surface area contributed by atoms with E-state index in [4.69, 9.17) is 26.7 Å². The van der Waals surface area contributed by atoms with Crippen LogP contribution in [0.5, 0.6) is 0 Å². The van der Waals surface area contributed by atoms with E-state index in [1.807, 2.05) is 53.7 Å². The van der Waals surface area contributed by atoms with E-state index >= 15 is 0 Å². The second-order valence-electron chi connectivity index (χ2n) is 13.1. The number of nitrogens with one attached hydrogen (secondary N) is 1. The Morgan fingerprint density at radius 3 is 2.04 bits per heavy atom. The van der Waals surface area contributed by atoms with Crippen LogP contribution in [0.2, 0.25) is 0 Å². The van der Waals surface area contributed by atoms with Gasteiger partial charge in [-0.05, 0) is 50.4 Å². The summed E-state index contributed by atoms with van der Waals surface area (Å²) in [7, 11) is 0. The van der Waals surface area contributed by atoms with Crippen LogP contribution >= 0.6 is 0 Å². The van der Waals surface area contributed by atoms with Crippen molar-refractivity contribution in [3.8, 4) is 0 Å². The average molecular weight is 712 g/mol. The average Bonchev–Trinajstić information content (AvgIpc) is 3.54. The molecule has 1 fully saturated rings. The first-order valence-corrected chi connectivity index (χ1v) is 17.4. The predicted molar refractivity (Wildman–Crippen MR) is 194 cm³/mol. The molecule has 2 unspecified atom stereocenters. The zero-order valence-corrected chi connectivity index (χ0v) is 35.4. The topological polar surface area (TPSA) is 133 Å². The largest absolute Gasteiger partial charge is 1.00 e. The minimum atomic E-state index is -0.714. The normalized spacial score (nSPS) is 14.9. The summed E-state index contributed by atoms with van der Waals surface area (Å²) in [5.74, 6) is 0.127.